The highest BCUT2D eigenvalue weighted by Crippen LogP contribution is 2.31. The molecule has 2 rings (SSSR count). The van der Waals surface area contributed by atoms with Crippen molar-refractivity contribution >= 4 is 22.9 Å². The monoisotopic (exact) mass is 253 g/mol. The van der Waals surface area contributed by atoms with Crippen LogP contribution in [0.4, 0.5) is 0 Å². The number of hydrogen-bond donors (Lipinski definition) is 0. The predicted octanol–water partition coefficient (Wildman–Crippen LogP) is 4.17. The van der Waals surface area contributed by atoms with Crippen LogP contribution in [0, 0.1) is 6.92 Å². The molecule has 2 nitrogen and oxygen atoms in total. The second kappa shape index (κ2) is 4.85. The summed E-state index contributed by atoms with van der Waals surface area (Å²) in [6, 6.07) is 5.76. The zero-order valence-electron chi connectivity index (χ0n) is 9.16. The quantitative estimate of drug-likeness (QED) is 0.819. The highest BCUT2D eigenvalue weighted by atomic mass is 35.5. The fourth-order valence-corrected chi connectivity index (χ4v) is 2.42. The smallest absolute Gasteiger partial charge is 0.137 e. The zero-order chi connectivity index (χ0) is 11.5. The van der Waals surface area contributed by atoms with E-state index in [0.29, 0.717) is 11.6 Å². The van der Waals surface area contributed by atoms with Gasteiger partial charge in [-0.3, -0.25) is 0 Å². The summed E-state index contributed by atoms with van der Waals surface area (Å²) in [6.45, 7) is 4.54. The van der Waals surface area contributed by atoms with Gasteiger partial charge in [0.2, 0.25) is 0 Å². The molecule has 0 fully saturated rings. The largest absolute Gasteiger partial charge is 0.492 e. The van der Waals surface area contributed by atoms with Crippen LogP contribution in [-0.2, 0) is 0 Å². The van der Waals surface area contributed by atoms with E-state index in [9.17, 15) is 0 Å². The number of halogens is 1. The maximum absolute atomic E-state index is 6.12. The van der Waals surface area contributed by atoms with Gasteiger partial charge in [0, 0.05) is 16.6 Å². The van der Waals surface area contributed by atoms with Gasteiger partial charge in [-0.05, 0) is 32.0 Å². The van der Waals surface area contributed by atoms with Crippen LogP contribution in [0.15, 0.2) is 23.6 Å². The topological polar surface area (TPSA) is 22.1 Å². The molecule has 0 amide bonds. The highest BCUT2D eigenvalue weighted by Gasteiger charge is 2.06. The Morgan fingerprint density at radius 1 is 1.44 bits per heavy atom. The molecule has 0 saturated carbocycles. The van der Waals surface area contributed by atoms with Crippen LogP contribution in [0.5, 0.6) is 5.75 Å². The van der Waals surface area contributed by atoms with E-state index in [0.717, 1.165) is 22.0 Å². The van der Waals surface area contributed by atoms with Gasteiger partial charge in [0.1, 0.15) is 10.8 Å². The van der Waals surface area contributed by atoms with Crippen LogP contribution in [0.3, 0.4) is 0 Å². The third-order valence-corrected chi connectivity index (χ3v) is 3.40. The third-order valence-electron chi connectivity index (χ3n) is 2.10. The van der Waals surface area contributed by atoms with E-state index in [-0.39, 0.29) is 0 Å². The van der Waals surface area contributed by atoms with Crippen molar-refractivity contribution in [1.29, 1.82) is 0 Å². The van der Waals surface area contributed by atoms with Crippen molar-refractivity contribution in [3.63, 3.8) is 0 Å². The van der Waals surface area contributed by atoms with Gasteiger partial charge in [0.05, 0.1) is 11.6 Å². The lowest BCUT2D eigenvalue weighted by Gasteiger charge is -2.06. The summed E-state index contributed by atoms with van der Waals surface area (Å²) < 4.78 is 5.38. The van der Waals surface area contributed by atoms with E-state index in [2.05, 4.69) is 4.98 Å². The summed E-state index contributed by atoms with van der Waals surface area (Å²) in [5, 5.41) is 3.65. The first kappa shape index (κ1) is 11.4. The summed E-state index contributed by atoms with van der Waals surface area (Å²) in [5.74, 6) is 0.723. The molecular weight excluding hydrogens is 242 g/mol. The van der Waals surface area contributed by atoms with Crippen LogP contribution >= 0.6 is 22.9 Å². The van der Waals surface area contributed by atoms with E-state index >= 15 is 0 Å². The van der Waals surface area contributed by atoms with Crippen molar-refractivity contribution in [2.75, 3.05) is 6.61 Å². The van der Waals surface area contributed by atoms with E-state index in [1.165, 1.54) is 0 Å². The van der Waals surface area contributed by atoms with Crippen LogP contribution in [-0.4, -0.2) is 11.6 Å². The summed E-state index contributed by atoms with van der Waals surface area (Å²) in [4.78, 5) is 4.42. The number of thiazole rings is 1. The van der Waals surface area contributed by atoms with Gasteiger partial charge < -0.3 is 4.74 Å². The number of rotatable bonds is 3. The summed E-state index contributed by atoms with van der Waals surface area (Å²) >= 11 is 7.74. The van der Waals surface area contributed by atoms with E-state index < -0.39 is 0 Å². The van der Waals surface area contributed by atoms with Gasteiger partial charge in [-0.2, -0.15) is 0 Å². The Labute approximate surface area is 104 Å². The maximum Gasteiger partial charge on any atom is 0.137 e. The molecule has 1 aromatic carbocycles. The van der Waals surface area contributed by atoms with E-state index in [4.69, 9.17) is 16.3 Å². The van der Waals surface area contributed by atoms with Crippen molar-refractivity contribution in [3.05, 3.63) is 34.3 Å². The Kier molecular flexibility index (Phi) is 3.46. The SMILES string of the molecule is CCOc1ccc(-c2nc(C)cs2)cc1Cl. The number of hydrogen-bond acceptors (Lipinski definition) is 3. The minimum atomic E-state index is 0.620. The number of aromatic nitrogens is 1. The van der Waals surface area contributed by atoms with E-state index in [1.54, 1.807) is 11.3 Å². The van der Waals surface area contributed by atoms with Crippen molar-refractivity contribution in [2.24, 2.45) is 0 Å². The number of nitrogens with zero attached hydrogens (tertiary/aromatic N) is 1. The Morgan fingerprint density at radius 3 is 2.81 bits per heavy atom. The predicted molar refractivity (Wildman–Crippen MR) is 68.5 cm³/mol. The second-order valence-corrected chi connectivity index (χ2v) is 4.64. The maximum atomic E-state index is 6.12. The summed E-state index contributed by atoms with van der Waals surface area (Å²) in [7, 11) is 0. The molecule has 84 valence electrons. The molecule has 2 aromatic rings. The summed E-state index contributed by atoms with van der Waals surface area (Å²) in [5.41, 5.74) is 2.07. The number of ether oxygens (including phenoxy) is 1. The Bertz CT molecular complexity index is 496. The molecule has 0 N–H and O–H groups in total. The normalized spacial score (nSPS) is 10.4. The lowest BCUT2D eigenvalue weighted by atomic mass is 10.2. The minimum absolute atomic E-state index is 0.620. The second-order valence-electron chi connectivity index (χ2n) is 3.37. The minimum Gasteiger partial charge on any atom is -0.492 e. The lowest BCUT2D eigenvalue weighted by Crippen LogP contribution is -1.92. The van der Waals surface area contributed by atoms with Gasteiger partial charge in [0.25, 0.3) is 0 Å². The molecular formula is C12H12ClNOS. The number of aryl methyl sites for hydroxylation is 1. The number of benzene rings is 1. The Hall–Kier alpha value is -1.06. The first-order valence-electron chi connectivity index (χ1n) is 5.05. The summed E-state index contributed by atoms with van der Waals surface area (Å²) in [6.07, 6.45) is 0. The van der Waals surface area contributed by atoms with Gasteiger partial charge in [-0.15, -0.1) is 11.3 Å². The molecule has 0 aliphatic rings. The van der Waals surface area contributed by atoms with Crippen LogP contribution < -0.4 is 4.74 Å². The molecule has 0 spiro atoms. The van der Waals surface area contributed by atoms with Gasteiger partial charge in [0.15, 0.2) is 0 Å². The van der Waals surface area contributed by atoms with E-state index in [1.807, 2.05) is 37.4 Å². The molecule has 0 unspecified atom stereocenters. The van der Waals surface area contributed by atoms with Crippen molar-refractivity contribution in [3.8, 4) is 16.3 Å². The molecule has 0 aliphatic carbocycles. The molecule has 1 aromatic heterocycles. The van der Waals surface area contributed by atoms with Crippen molar-refractivity contribution in [1.82, 2.24) is 4.98 Å². The molecule has 16 heavy (non-hydrogen) atoms. The van der Waals surface area contributed by atoms with Gasteiger partial charge in [-0.1, -0.05) is 11.6 Å². The zero-order valence-corrected chi connectivity index (χ0v) is 10.7. The Balaban J connectivity index is 2.34. The fraction of sp³-hybridized carbons (Fsp3) is 0.250. The average molecular weight is 254 g/mol. The molecule has 4 heteroatoms. The molecule has 0 atom stereocenters. The molecule has 0 aliphatic heterocycles. The molecule has 1 heterocycles. The lowest BCUT2D eigenvalue weighted by molar-refractivity contribution is 0.340. The van der Waals surface area contributed by atoms with Crippen molar-refractivity contribution in [2.45, 2.75) is 13.8 Å². The fourth-order valence-electron chi connectivity index (χ4n) is 1.39. The van der Waals surface area contributed by atoms with Crippen LogP contribution in [0.2, 0.25) is 5.02 Å². The van der Waals surface area contributed by atoms with Gasteiger partial charge in [-0.25, -0.2) is 4.98 Å². The first-order chi connectivity index (χ1) is 7.70. The Morgan fingerprint density at radius 2 is 2.25 bits per heavy atom. The highest BCUT2D eigenvalue weighted by molar-refractivity contribution is 7.13. The van der Waals surface area contributed by atoms with Crippen LogP contribution in [0.25, 0.3) is 10.6 Å². The third kappa shape index (κ3) is 2.36. The van der Waals surface area contributed by atoms with Crippen molar-refractivity contribution < 1.29 is 4.74 Å². The molecule has 0 saturated heterocycles. The van der Waals surface area contributed by atoms with Gasteiger partial charge >= 0.3 is 0 Å². The molecule has 0 radical (unpaired) electrons. The average Bonchev–Trinajstić information content (AvgIpc) is 2.68. The standard InChI is InChI=1S/C12H12ClNOS/c1-3-15-11-5-4-9(6-10(11)13)12-14-8(2)7-16-12/h4-7H,3H2,1-2H3. The molecule has 0 bridgehead atoms. The van der Waals surface area contributed by atoms with Crippen LogP contribution in [0.1, 0.15) is 12.6 Å². The first-order valence-corrected chi connectivity index (χ1v) is 6.31.